The molecule has 0 bridgehead atoms. The van der Waals surface area contributed by atoms with E-state index in [0.717, 1.165) is 17.8 Å². The molecule has 112 valence electrons. The zero-order chi connectivity index (χ0) is 15.5. The molecule has 0 radical (unpaired) electrons. The van der Waals surface area contributed by atoms with Gasteiger partial charge in [0.1, 0.15) is 0 Å². The molecule has 0 amide bonds. The summed E-state index contributed by atoms with van der Waals surface area (Å²) in [4.78, 5) is 0. The Hall–Kier alpha value is -1.92. The van der Waals surface area contributed by atoms with Crippen LogP contribution in [0.3, 0.4) is 0 Å². The van der Waals surface area contributed by atoms with Crippen LogP contribution in [0.5, 0.6) is 0 Å². The summed E-state index contributed by atoms with van der Waals surface area (Å²) in [5, 5.41) is 8.63. The van der Waals surface area contributed by atoms with E-state index in [1.165, 1.54) is 12.1 Å². The van der Waals surface area contributed by atoms with Crippen molar-refractivity contribution in [3.05, 3.63) is 64.7 Å². The highest BCUT2D eigenvalue weighted by molar-refractivity contribution is 7.98. The Morgan fingerprint density at radius 3 is 2.73 bits per heavy atom. The first-order valence-electron chi connectivity index (χ1n) is 6.28. The van der Waals surface area contributed by atoms with Crippen molar-refractivity contribution in [3.63, 3.8) is 0 Å². The van der Waals surface area contributed by atoms with Crippen LogP contribution < -0.4 is 0 Å². The Balaban J connectivity index is 1.73. The van der Waals surface area contributed by atoms with Crippen LogP contribution in [0.15, 0.2) is 52.1 Å². The zero-order valence-corrected chi connectivity index (χ0v) is 12.7. The van der Waals surface area contributed by atoms with Gasteiger partial charge in [0.15, 0.2) is 11.6 Å². The molecule has 0 fully saturated rings. The third-order valence-electron chi connectivity index (χ3n) is 2.86. The summed E-state index contributed by atoms with van der Waals surface area (Å²) in [6.45, 7) is 0. The van der Waals surface area contributed by atoms with Gasteiger partial charge in [-0.05, 0) is 24.3 Å². The van der Waals surface area contributed by atoms with Gasteiger partial charge in [-0.15, -0.1) is 10.2 Å². The van der Waals surface area contributed by atoms with Crippen LogP contribution in [0, 0.1) is 11.6 Å². The van der Waals surface area contributed by atoms with E-state index < -0.39 is 11.6 Å². The highest BCUT2D eigenvalue weighted by Crippen LogP contribution is 2.27. The molecule has 0 aliphatic rings. The lowest BCUT2D eigenvalue weighted by atomic mass is 10.2. The average Bonchev–Trinajstić information content (AvgIpc) is 2.98. The van der Waals surface area contributed by atoms with Gasteiger partial charge >= 0.3 is 0 Å². The SMILES string of the molecule is Fc1cccc(CSc2nnc(-c3cccc(Cl)c3)o2)c1F. The van der Waals surface area contributed by atoms with Crippen LogP contribution >= 0.6 is 23.4 Å². The first-order chi connectivity index (χ1) is 10.6. The van der Waals surface area contributed by atoms with E-state index in [1.807, 2.05) is 0 Å². The van der Waals surface area contributed by atoms with Gasteiger partial charge in [0.2, 0.25) is 5.89 Å². The van der Waals surface area contributed by atoms with Gasteiger partial charge in [-0.25, -0.2) is 8.78 Å². The number of aromatic nitrogens is 2. The molecule has 2 aromatic carbocycles. The lowest BCUT2D eigenvalue weighted by Crippen LogP contribution is -1.91. The maximum atomic E-state index is 13.5. The maximum absolute atomic E-state index is 13.5. The second-order valence-corrected chi connectivity index (χ2v) is 5.75. The summed E-state index contributed by atoms with van der Waals surface area (Å²) in [6, 6.07) is 11.1. The maximum Gasteiger partial charge on any atom is 0.277 e. The Bertz CT molecular complexity index is 810. The van der Waals surface area contributed by atoms with Crippen LogP contribution in [-0.4, -0.2) is 10.2 Å². The fourth-order valence-corrected chi connectivity index (χ4v) is 2.73. The van der Waals surface area contributed by atoms with Crippen molar-refractivity contribution in [2.24, 2.45) is 0 Å². The van der Waals surface area contributed by atoms with Crippen molar-refractivity contribution in [2.75, 3.05) is 0 Å². The quantitative estimate of drug-likeness (QED) is 0.630. The first kappa shape index (κ1) is 15.0. The molecule has 3 nitrogen and oxygen atoms in total. The Labute approximate surface area is 134 Å². The first-order valence-corrected chi connectivity index (χ1v) is 7.65. The number of hydrogen-bond acceptors (Lipinski definition) is 4. The van der Waals surface area contributed by atoms with E-state index >= 15 is 0 Å². The fraction of sp³-hybridized carbons (Fsp3) is 0.0667. The lowest BCUT2D eigenvalue weighted by molar-refractivity contribution is 0.465. The predicted molar refractivity (Wildman–Crippen MR) is 80.7 cm³/mol. The van der Waals surface area contributed by atoms with Crippen LogP contribution in [-0.2, 0) is 5.75 Å². The van der Waals surface area contributed by atoms with Crippen LogP contribution in [0.2, 0.25) is 5.02 Å². The number of nitrogens with zero attached hydrogens (tertiary/aromatic N) is 2. The molecule has 0 aliphatic heterocycles. The third kappa shape index (κ3) is 3.28. The van der Waals surface area contributed by atoms with Gasteiger partial charge in [0.05, 0.1) is 0 Å². The second-order valence-electron chi connectivity index (χ2n) is 4.39. The monoisotopic (exact) mass is 338 g/mol. The van der Waals surface area contributed by atoms with Crippen LogP contribution in [0.4, 0.5) is 8.78 Å². The molecule has 1 heterocycles. The number of thioether (sulfide) groups is 1. The molecule has 0 unspecified atom stereocenters. The van der Waals surface area contributed by atoms with Gasteiger partial charge in [-0.1, -0.05) is 41.6 Å². The molecule has 3 rings (SSSR count). The summed E-state index contributed by atoms with van der Waals surface area (Å²) in [5.41, 5.74) is 0.941. The number of benzene rings is 2. The smallest absolute Gasteiger partial charge is 0.277 e. The van der Waals surface area contributed by atoms with Crippen molar-refractivity contribution < 1.29 is 13.2 Å². The molecular weight excluding hydrogens is 330 g/mol. The Morgan fingerprint density at radius 1 is 1.09 bits per heavy atom. The van der Waals surface area contributed by atoms with Crippen molar-refractivity contribution in [1.29, 1.82) is 0 Å². The molecule has 0 atom stereocenters. The van der Waals surface area contributed by atoms with Crippen molar-refractivity contribution in [3.8, 4) is 11.5 Å². The van der Waals surface area contributed by atoms with Gasteiger partial charge in [0.25, 0.3) is 5.22 Å². The van der Waals surface area contributed by atoms with E-state index in [4.69, 9.17) is 16.0 Å². The molecule has 0 aliphatic carbocycles. The minimum absolute atomic E-state index is 0.195. The number of rotatable bonds is 4. The summed E-state index contributed by atoms with van der Waals surface area (Å²) < 4.78 is 32.2. The van der Waals surface area contributed by atoms with E-state index in [0.29, 0.717) is 16.5 Å². The molecule has 0 spiro atoms. The van der Waals surface area contributed by atoms with E-state index in [9.17, 15) is 8.78 Å². The van der Waals surface area contributed by atoms with E-state index in [-0.39, 0.29) is 16.5 Å². The fourth-order valence-electron chi connectivity index (χ4n) is 1.81. The van der Waals surface area contributed by atoms with Crippen molar-refractivity contribution in [1.82, 2.24) is 10.2 Å². The molecule has 0 saturated carbocycles. The molecule has 22 heavy (non-hydrogen) atoms. The number of halogens is 3. The molecule has 7 heteroatoms. The predicted octanol–water partition coefficient (Wildman–Crippen LogP) is 4.96. The van der Waals surface area contributed by atoms with Crippen molar-refractivity contribution in [2.45, 2.75) is 11.0 Å². The highest BCUT2D eigenvalue weighted by Gasteiger charge is 2.12. The largest absolute Gasteiger partial charge is 0.411 e. The average molecular weight is 339 g/mol. The second kappa shape index (κ2) is 6.46. The molecular formula is C15H9ClF2N2OS. The van der Waals surface area contributed by atoms with Gasteiger partial charge in [-0.3, -0.25) is 0 Å². The molecule has 0 saturated heterocycles. The van der Waals surface area contributed by atoms with E-state index in [1.54, 1.807) is 24.3 Å². The summed E-state index contributed by atoms with van der Waals surface area (Å²) in [5.74, 6) is -1.21. The molecule has 0 N–H and O–H groups in total. The topological polar surface area (TPSA) is 38.9 Å². The summed E-state index contributed by atoms with van der Waals surface area (Å²) in [7, 11) is 0. The Kier molecular flexibility index (Phi) is 4.40. The third-order valence-corrected chi connectivity index (χ3v) is 3.96. The van der Waals surface area contributed by atoms with Gasteiger partial charge in [0, 0.05) is 21.9 Å². The molecule has 1 aromatic heterocycles. The summed E-state index contributed by atoms with van der Waals surface area (Å²) >= 11 is 7.04. The van der Waals surface area contributed by atoms with Gasteiger partial charge in [-0.2, -0.15) is 0 Å². The van der Waals surface area contributed by atoms with Crippen LogP contribution in [0.1, 0.15) is 5.56 Å². The lowest BCUT2D eigenvalue weighted by Gasteiger charge is -2.01. The van der Waals surface area contributed by atoms with Crippen LogP contribution in [0.25, 0.3) is 11.5 Å². The highest BCUT2D eigenvalue weighted by atomic mass is 35.5. The number of hydrogen-bond donors (Lipinski definition) is 0. The zero-order valence-electron chi connectivity index (χ0n) is 11.1. The van der Waals surface area contributed by atoms with Crippen molar-refractivity contribution >= 4 is 23.4 Å². The normalized spacial score (nSPS) is 10.9. The minimum Gasteiger partial charge on any atom is -0.411 e. The molecule has 3 aromatic rings. The minimum atomic E-state index is -0.872. The Morgan fingerprint density at radius 2 is 1.91 bits per heavy atom. The standard InChI is InChI=1S/C15H9ClF2N2OS/c16-11-5-1-3-9(7-11)14-19-20-15(21-14)22-8-10-4-2-6-12(17)13(10)18/h1-7H,8H2. The van der Waals surface area contributed by atoms with Gasteiger partial charge < -0.3 is 4.42 Å². The summed E-state index contributed by atoms with van der Waals surface area (Å²) in [6.07, 6.45) is 0. The van der Waals surface area contributed by atoms with E-state index in [2.05, 4.69) is 10.2 Å².